The molecule has 0 atom stereocenters. The zero-order valence-electron chi connectivity index (χ0n) is 10.2. The van der Waals surface area contributed by atoms with Crippen LogP contribution in [-0.4, -0.2) is 19.5 Å². The first kappa shape index (κ1) is 14.0. The maximum atomic E-state index is 11.1. The highest BCUT2D eigenvalue weighted by Crippen LogP contribution is 2.34. The van der Waals surface area contributed by atoms with Gasteiger partial charge >= 0.3 is 0 Å². The molecule has 94 valence electrons. The highest BCUT2D eigenvalue weighted by molar-refractivity contribution is 9.10. The van der Waals surface area contributed by atoms with Crippen molar-refractivity contribution >= 4 is 21.7 Å². The standard InChI is InChI=1S/C13H17BrO3/c1-3-10(15)6-5-9-17-13-11(14)7-4-8-12(13)16-2/h4,7-8H,3,5-6,9H2,1-2H3. The average Bonchev–Trinajstić information content (AvgIpc) is 2.35. The van der Waals surface area contributed by atoms with Gasteiger partial charge in [-0.3, -0.25) is 4.79 Å². The Morgan fingerprint density at radius 2 is 2.18 bits per heavy atom. The maximum absolute atomic E-state index is 11.1. The number of hydrogen-bond donors (Lipinski definition) is 0. The minimum absolute atomic E-state index is 0.271. The molecule has 1 aromatic rings. The minimum Gasteiger partial charge on any atom is -0.493 e. The Hall–Kier alpha value is -1.03. The smallest absolute Gasteiger partial charge is 0.175 e. The Balaban J connectivity index is 2.48. The van der Waals surface area contributed by atoms with Crippen molar-refractivity contribution in [3.05, 3.63) is 22.7 Å². The van der Waals surface area contributed by atoms with Gasteiger partial charge in [-0.25, -0.2) is 0 Å². The third kappa shape index (κ3) is 4.38. The van der Waals surface area contributed by atoms with E-state index in [1.807, 2.05) is 25.1 Å². The molecule has 0 spiro atoms. The number of carbonyl (C=O) groups excluding carboxylic acids is 1. The quantitative estimate of drug-likeness (QED) is 0.722. The molecule has 17 heavy (non-hydrogen) atoms. The molecule has 0 saturated heterocycles. The van der Waals surface area contributed by atoms with E-state index in [2.05, 4.69) is 15.9 Å². The molecular weight excluding hydrogens is 284 g/mol. The molecule has 0 amide bonds. The monoisotopic (exact) mass is 300 g/mol. The molecule has 1 rings (SSSR count). The van der Waals surface area contributed by atoms with Crippen molar-refractivity contribution in [2.24, 2.45) is 0 Å². The molecule has 4 heteroatoms. The second-order valence-electron chi connectivity index (χ2n) is 3.62. The van der Waals surface area contributed by atoms with Crippen LogP contribution in [0.2, 0.25) is 0 Å². The first-order chi connectivity index (χ1) is 8.19. The topological polar surface area (TPSA) is 35.5 Å². The van der Waals surface area contributed by atoms with Crippen molar-refractivity contribution < 1.29 is 14.3 Å². The summed E-state index contributed by atoms with van der Waals surface area (Å²) in [6.07, 6.45) is 1.90. The summed E-state index contributed by atoms with van der Waals surface area (Å²) in [4.78, 5) is 11.1. The lowest BCUT2D eigenvalue weighted by molar-refractivity contribution is -0.118. The molecule has 0 radical (unpaired) electrons. The van der Waals surface area contributed by atoms with Crippen molar-refractivity contribution in [3.8, 4) is 11.5 Å². The van der Waals surface area contributed by atoms with Crippen LogP contribution in [0.25, 0.3) is 0 Å². The van der Waals surface area contributed by atoms with E-state index < -0.39 is 0 Å². The number of methoxy groups -OCH3 is 1. The molecule has 0 bridgehead atoms. The van der Waals surface area contributed by atoms with Gasteiger partial charge < -0.3 is 9.47 Å². The number of rotatable bonds is 7. The van der Waals surface area contributed by atoms with Crippen LogP contribution < -0.4 is 9.47 Å². The minimum atomic E-state index is 0.271. The Morgan fingerprint density at radius 1 is 1.41 bits per heavy atom. The van der Waals surface area contributed by atoms with Gasteiger partial charge in [0.2, 0.25) is 0 Å². The second-order valence-corrected chi connectivity index (χ2v) is 4.47. The number of para-hydroxylation sites is 1. The maximum Gasteiger partial charge on any atom is 0.175 e. The van der Waals surface area contributed by atoms with Gasteiger partial charge in [-0.1, -0.05) is 13.0 Å². The summed E-state index contributed by atoms with van der Waals surface area (Å²) < 4.78 is 11.7. The molecule has 3 nitrogen and oxygen atoms in total. The molecule has 1 aromatic carbocycles. The van der Waals surface area contributed by atoms with E-state index in [1.54, 1.807) is 7.11 Å². The predicted molar refractivity (Wildman–Crippen MR) is 70.7 cm³/mol. The number of ketones is 1. The van der Waals surface area contributed by atoms with Crippen molar-refractivity contribution in [3.63, 3.8) is 0 Å². The average molecular weight is 301 g/mol. The summed E-state index contributed by atoms with van der Waals surface area (Å²) in [7, 11) is 1.61. The molecule has 0 aromatic heterocycles. The fourth-order valence-corrected chi connectivity index (χ4v) is 1.87. The van der Waals surface area contributed by atoms with Crippen LogP contribution >= 0.6 is 15.9 Å². The van der Waals surface area contributed by atoms with E-state index in [4.69, 9.17) is 9.47 Å². The predicted octanol–water partition coefficient (Wildman–Crippen LogP) is 3.60. The van der Waals surface area contributed by atoms with E-state index in [-0.39, 0.29) is 5.78 Å². The molecule has 0 fully saturated rings. The molecule has 0 aliphatic rings. The molecule has 0 heterocycles. The van der Waals surface area contributed by atoms with Crippen LogP contribution in [0.4, 0.5) is 0 Å². The highest BCUT2D eigenvalue weighted by atomic mass is 79.9. The first-order valence-corrected chi connectivity index (χ1v) is 6.45. The van der Waals surface area contributed by atoms with Crippen LogP contribution in [0.1, 0.15) is 26.2 Å². The molecule has 0 saturated carbocycles. The Kier molecular flexibility index (Phi) is 6.05. The van der Waals surface area contributed by atoms with E-state index in [9.17, 15) is 4.79 Å². The second kappa shape index (κ2) is 7.33. The summed E-state index contributed by atoms with van der Waals surface area (Å²) in [5.41, 5.74) is 0. The van der Waals surface area contributed by atoms with E-state index in [1.165, 1.54) is 0 Å². The van der Waals surface area contributed by atoms with Gasteiger partial charge in [0.1, 0.15) is 5.78 Å². The van der Waals surface area contributed by atoms with E-state index >= 15 is 0 Å². The normalized spacial score (nSPS) is 10.1. The highest BCUT2D eigenvalue weighted by Gasteiger charge is 2.08. The number of halogens is 1. The van der Waals surface area contributed by atoms with Gasteiger partial charge in [-0.05, 0) is 34.5 Å². The van der Waals surface area contributed by atoms with E-state index in [0.717, 1.165) is 10.9 Å². The summed E-state index contributed by atoms with van der Waals surface area (Å²) in [5, 5.41) is 0. The van der Waals surface area contributed by atoms with Crippen LogP contribution in [-0.2, 0) is 4.79 Å². The summed E-state index contributed by atoms with van der Waals surface area (Å²) in [5.74, 6) is 1.66. The van der Waals surface area contributed by atoms with Crippen LogP contribution in [0.5, 0.6) is 11.5 Å². The Morgan fingerprint density at radius 3 is 2.82 bits per heavy atom. The van der Waals surface area contributed by atoms with Gasteiger partial charge in [0.05, 0.1) is 18.2 Å². The van der Waals surface area contributed by atoms with Gasteiger partial charge in [-0.15, -0.1) is 0 Å². The number of ether oxygens (including phenoxy) is 2. The zero-order chi connectivity index (χ0) is 12.7. The van der Waals surface area contributed by atoms with Crippen molar-refractivity contribution in [1.29, 1.82) is 0 Å². The van der Waals surface area contributed by atoms with Crippen LogP contribution in [0.3, 0.4) is 0 Å². The largest absolute Gasteiger partial charge is 0.493 e. The fourth-order valence-electron chi connectivity index (χ4n) is 1.41. The Bertz CT molecular complexity index is 377. The fraction of sp³-hybridized carbons (Fsp3) is 0.462. The third-order valence-electron chi connectivity index (χ3n) is 2.39. The van der Waals surface area contributed by atoms with Crippen LogP contribution in [0, 0.1) is 0 Å². The number of carbonyl (C=O) groups is 1. The van der Waals surface area contributed by atoms with Crippen LogP contribution in [0.15, 0.2) is 22.7 Å². The lowest BCUT2D eigenvalue weighted by Crippen LogP contribution is -2.03. The summed E-state index contributed by atoms with van der Waals surface area (Å²) in [6, 6.07) is 5.63. The lowest BCUT2D eigenvalue weighted by Gasteiger charge is -2.11. The van der Waals surface area contributed by atoms with Gasteiger partial charge in [0.25, 0.3) is 0 Å². The number of Topliss-reactive ketones (excluding diaryl/α,β-unsaturated/α-hetero) is 1. The molecule has 0 N–H and O–H groups in total. The first-order valence-electron chi connectivity index (χ1n) is 5.66. The molecular formula is C13H17BrO3. The molecule has 0 unspecified atom stereocenters. The zero-order valence-corrected chi connectivity index (χ0v) is 11.7. The third-order valence-corrected chi connectivity index (χ3v) is 3.02. The Labute approximate surface area is 110 Å². The van der Waals surface area contributed by atoms with Gasteiger partial charge in [0.15, 0.2) is 11.5 Å². The van der Waals surface area contributed by atoms with E-state index in [0.29, 0.717) is 30.9 Å². The van der Waals surface area contributed by atoms with Crippen molar-refractivity contribution in [2.75, 3.05) is 13.7 Å². The number of hydrogen-bond acceptors (Lipinski definition) is 3. The molecule has 0 aliphatic heterocycles. The van der Waals surface area contributed by atoms with Gasteiger partial charge in [0, 0.05) is 12.8 Å². The lowest BCUT2D eigenvalue weighted by atomic mass is 10.2. The van der Waals surface area contributed by atoms with Crippen molar-refractivity contribution in [1.82, 2.24) is 0 Å². The summed E-state index contributed by atoms with van der Waals surface area (Å²) in [6.45, 7) is 2.39. The number of benzene rings is 1. The SMILES string of the molecule is CCC(=O)CCCOc1c(Br)cccc1OC. The van der Waals surface area contributed by atoms with Gasteiger partial charge in [-0.2, -0.15) is 0 Å². The summed E-state index contributed by atoms with van der Waals surface area (Å²) >= 11 is 3.41. The molecule has 0 aliphatic carbocycles. The van der Waals surface area contributed by atoms with Crippen molar-refractivity contribution in [2.45, 2.75) is 26.2 Å².